The van der Waals surface area contributed by atoms with Gasteiger partial charge in [-0.1, -0.05) is 45.4 Å². The van der Waals surface area contributed by atoms with E-state index in [-0.39, 0.29) is 0 Å². The molecule has 0 aromatic carbocycles. The molecule has 28 heavy (non-hydrogen) atoms. The van der Waals surface area contributed by atoms with Crippen LogP contribution in [0.5, 0.6) is 0 Å². The highest BCUT2D eigenvalue weighted by molar-refractivity contribution is 4.92. The number of ether oxygens (including phenoxy) is 4. The first-order chi connectivity index (χ1) is 13.7. The highest BCUT2D eigenvalue weighted by Crippen LogP contribution is 2.43. The average Bonchev–Trinajstić information content (AvgIpc) is 3.46. The number of rotatable bonds is 17. The molecule has 0 spiro atoms. The summed E-state index contributed by atoms with van der Waals surface area (Å²) in [6.07, 6.45) is 16.4. The molecule has 1 saturated carbocycles. The summed E-state index contributed by atoms with van der Waals surface area (Å²) in [4.78, 5) is 0. The summed E-state index contributed by atoms with van der Waals surface area (Å²) < 4.78 is 24.2. The molecule has 2 aliphatic rings. The van der Waals surface area contributed by atoms with E-state index in [0.29, 0.717) is 37.9 Å². The minimum atomic E-state index is -0.866. The van der Waals surface area contributed by atoms with Crippen molar-refractivity contribution < 1.29 is 18.9 Å². The molecular formula is C24H46O4. The largest absolute Gasteiger partial charge is 0.370 e. The third-order valence-electron chi connectivity index (χ3n) is 6.48. The Morgan fingerprint density at radius 2 is 1.43 bits per heavy atom. The van der Waals surface area contributed by atoms with Gasteiger partial charge >= 0.3 is 0 Å². The van der Waals surface area contributed by atoms with Crippen LogP contribution in [0.25, 0.3) is 0 Å². The lowest BCUT2D eigenvalue weighted by Gasteiger charge is -2.39. The van der Waals surface area contributed by atoms with Crippen LogP contribution in [0.4, 0.5) is 0 Å². The Hall–Kier alpha value is -0.160. The monoisotopic (exact) mass is 398 g/mol. The van der Waals surface area contributed by atoms with Gasteiger partial charge in [-0.05, 0) is 65.2 Å². The summed E-state index contributed by atoms with van der Waals surface area (Å²) in [5.74, 6) is 0.226. The van der Waals surface area contributed by atoms with Crippen molar-refractivity contribution in [1.29, 1.82) is 0 Å². The van der Waals surface area contributed by atoms with E-state index in [1.807, 2.05) is 20.8 Å². The summed E-state index contributed by atoms with van der Waals surface area (Å²) >= 11 is 0. The van der Waals surface area contributed by atoms with Crippen LogP contribution in [0.3, 0.4) is 0 Å². The lowest BCUT2D eigenvalue weighted by atomic mass is 9.82. The summed E-state index contributed by atoms with van der Waals surface area (Å²) in [5, 5.41) is 0. The smallest absolute Gasteiger partial charge is 0.285 e. The van der Waals surface area contributed by atoms with Crippen LogP contribution >= 0.6 is 0 Å². The van der Waals surface area contributed by atoms with Gasteiger partial charge in [0.15, 0.2) is 0 Å². The highest BCUT2D eigenvalue weighted by atomic mass is 16.9. The maximum atomic E-state index is 6.17. The summed E-state index contributed by atoms with van der Waals surface area (Å²) in [6.45, 7) is 10.3. The minimum Gasteiger partial charge on any atom is -0.370 e. The number of hydrogen-bond donors (Lipinski definition) is 0. The maximum Gasteiger partial charge on any atom is 0.285 e. The van der Waals surface area contributed by atoms with Crippen LogP contribution in [0.1, 0.15) is 105 Å². The summed E-state index contributed by atoms with van der Waals surface area (Å²) in [7, 11) is 0. The van der Waals surface area contributed by atoms with Crippen molar-refractivity contribution in [2.24, 2.45) is 11.8 Å². The lowest BCUT2D eigenvalue weighted by Crippen LogP contribution is -2.47. The number of epoxide rings is 1. The molecule has 166 valence electrons. The van der Waals surface area contributed by atoms with E-state index in [0.717, 1.165) is 18.8 Å². The van der Waals surface area contributed by atoms with Gasteiger partial charge in [-0.2, -0.15) is 0 Å². The van der Waals surface area contributed by atoms with E-state index >= 15 is 0 Å². The number of unbranched alkanes of at least 4 members (excludes halogenated alkanes) is 5. The van der Waals surface area contributed by atoms with Gasteiger partial charge in [0.25, 0.3) is 5.97 Å². The molecule has 4 nitrogen and oxygen atoms in total. The topological polar surface area (TPSA) is 40.2 Å². The molecule has 1 heterocycles. The van der Waals surface area contributed by atoms with Gasteiger partial charge in [0.05, 0.1) is 12.2 Å². The molecule has 1 aliphatic heterocycles. The zero-order valence-electron chi connectivity index (χ0n) is 19.0. The van der Waals surface area contributed by atoms with Crippen molar-refractivity contribution >= 4 is 0 Å². The van der Waals surface area contributed by atoms with Crippen LogP contribution in [0.15, 0.2) is 0 Å². The fraction of sp³-hybridized carbons (Fsp3) is 1.00. The first-order valence-corrected chi connectivity index (χ1v) is 12.3. The van der Waals surface area contributed by atoms with E-state index in [9.17, 15) is 0 Å². The zero-order chi connectivity index (χ0) is 20.2. The van der Waals surface area contributed by atoms with E-state index in [1.165, 1.54) is 64.2 Å². The molecule has 0 aromatic rings. The Balaban J connectivity index is 1.92. The Morgan fingerprint density at radius 1 is 0.786 bits per heavy atom. The molecule has 0 N–H and O–H groups in total. The molecule has 0 aromatic heterocycles. The lowest BCUT2D eigenvalue weighted by molar-refractivity contribution is -0.403. The average molecular weight is 399 g/mol. The third-order valence-corrected chi connectivity index (χ3v) is 6.48. The van der Waals surface area contributed by atoms with Gasteiger partial charge in [-0.25, -0.2) is 0 Å². The van der Waals surface area contributed by atoms with Crippen molar-refractivity contribution in [1.82, 2.24) is 0 Å². The van der Waals surface area contributed by atoms with Gasteiger partial charge in [0.1, 0.15) is 0 Å². The second-order valence-electron chi connectivity index (χ2n) is 8.63. The van der Waals surface area contributed by atoms with Gasteiger partial charge in [0.2, 0.25) is 0 Å². The van der Waals surface area contributed by atoms with E-state index in [2.05, 4.69) is 6.92 Å². The molecule has 4 unspecified atom stereocenters. The first-order valence-electron chi connectivity index (χ1n) is 12.3. The van der Waals surface area contributed by atoms with Crippen molar-refractivity contribution in [2.45, 2.75) is 123 Å². The van der Waals surface area contributed by atoms with Gasteiger partial charge in [-0.3, -0.25) is 0 Å². The summed E-state index contributed by atoms with van der Waals surface area (Å²) in [5.41, 5.74) is 0. The van der Waals surface area contributed by atoms with Gasteiger partial charge < -0.3 is 18.9 Å². The van der Waals surface area contributed by atoms with E-state index < -0.39 is 5.97 Å². The zero-order valence-corrected chi connectivity index (χ0v) is 19.0. The molecule has 0 bridgehead atoms. The molecule has 0 amide bonds. The molecular weight excluding hydrogens is 352 g/mol. The predicted octanol–water partition coefficient (Wildman–Crippen LogP) is 6.46. The van der Waals surface area contributed by atoms with Crippen LogP contribution in [0, 0.1) is 11.8 Å². The van der Waals surface area contributed by atoms with Crippen LogP contribution in [-0.2, 0) is 18.9 Å². The van der Waals surface area contributed by atoms with Crippen molar-refractivity contribution in [2.75, 3.05) is 19.8 Å². The van der Waals surface area contributed by atoms with Crippen LogP contribution in [0.2, 0.25) is 0 Å². The second kappa shape index (κ2) is 13.2. The van der Waals surface area contributed by atoms with Crippen molar-refractivity contribution in [3.8, 4) is 0 Å². The van der Waals surface area contributed by atoms with Gasteiger partial charge in [0, 0.05) is 25.7 Å². The highest BCUT2D eigenvalue weighted by Gasteiger charge is 2.45. The van der Waals surface area contributed by atoms with E-state index in [1.54, 1.807) is 0 Å². The van der Waals surface area contributed by atoms with Crippen molar-refractivity contribution in [3.05, 3.63) is 0 Å². The Morgan fingerprint density at radius 3 is 2.04 bits per heavy atom. The van der Waals surface area contributed by atoms with Crippen LogP contribution in [-0.4, -0.2) is 38.0 Å². The van der Waals surface area contributed by atoms with Crippen LogP contribution < -0.4 is 0 Å². The molecule has 2 fully saturated rings. The Bertz CT molecular complexity index is 383. The minimum absolute atomic E-state index is 0.302. The second-order valence-corrected chi connectivity index (χ2v) is 8.63. The van der Waals surface area contributed by atoms with E-state index in [4.69, 9.17) is 18.9 Å². The predicted molar refractivity (Wildman–Crippen MR) is 114 cm³/mol. The van der Waals surface area contributed by atoms with Crippen molar-refractivity contribution in [3.63, 3.8) is 0 Å². The Labute approximate surface area is 174 Å². The normalized spacial score (nSPS) is 25.5. The van der Waals surface area contributed by atoms with Gasteiger partial charge in [-0.15, -0.1) is 0 Å². The molecule has 1 saturated heterocycles. The molecule has 4 heteroatoms. The number of hydrogen-bond acceptors (Lipinski definition) is 4. The molecule has 1 aliphatic carbocycles. The third kappa shape index (κ3) is 7.59. The quantitative estimate of drug-likeness (QED) is 0.160. The standard InChI is InChI=1S/C24H46O4/c1-5-9-10-11-12-13-14-21(24(25-6-2,26-7-3)27-8-4)17-15-20-16-18-22-23(19-20)28-22/h20-23H,5-19H2,1-4H3. The summed E-state index contributed by atoms with van der Waals surface area (Å²) in [6, 6.07) is 0. The SMILES string of the molecule is CCCCCCCCC(CCC1CCC2OC2C1)C(OCC)(OCC)OCC. The number of fused-ring (bicyclic) bond motifs is 1. The first kappa shape index (κ1) is 24.1. The fourth-order valence-corrected chi connectivity index (χ4v) is 4.94. The molecule has 4 atom stereocenters. The Kier molecular flexibility index (Phi) is 11.4. The molecule has 0 radical (unpaired) electrons. The fourth-order valence-electron chi connectivity index (χ4n) is 4.94. The maximum absolute atomic E-state index is 6.17. The molecule has 2 rings (SSSR count).